The predicted molar refractivity (Wildman–Crippen MR) is 83.4 cm³/mol. The molecule has 5 nitrogen and oxygen atoms in total. The number of hydrogen-bond donors (Lipinski definition) is 1. The number of benzene rings is 1. The Kier molecular flexibility index (Phi) is 4.43. The fraction of sp³-hybridized carbons (Fsp3) is 0. The maximum atomic E-state index is 10.7. The van der Waals surface area contributed by atoms with Crippen molar-refractivity contribution in [2.24, 2.45) is 0 Å². The van der Waals surface area contributed by atoms with Crippen LogP contribution in [0.15, 0.2) is 30.3 Å². The molecular formula is C11H6Cl2IN3O2. The van der Waals surface area contributed by atoms with Crippen LogP contribution >= 0.6 is 45.8 Å². The zero-order chi connectivity index (χ0) is 14.0. The molecule has 1 aromatic heterocycles. The molecule has 0 unspecified atom stereocenters. The summed E-state index contributed by atoms with van der Waals surface area (Å²) in [5, 5.41) is 14.4. The van der Waals surface area contributed by atoms with Gasteiger partial charge in [0.15, 0.2) is 0 Å². The molecule has 0 amide bonds. The van der Waals surface area contributed by atoms with Gasteiger partial charge in [-0.3, -0.25) is 10.1 Å². The van der Waals surface area contributed by atoms with Crippen LogP contribution in [0.3, 0.4) is 0 Å². The molecule has 2 aromatic rings. The van der Waals surface area contributed by atoms with E-state index in [1.54, 1.807) is 18.2 Å². The molecule has 98 valence electrons. The van der Waals surface area contributed by atoms with Gasteiger partial charge in [-0.1, -0.05) is 23.2 Å². The maximum Gasteiger partial charge on any atom is 0.276 e. The lowest BCUT2D eigenvalue weighted by Crippen LogP contribution is -1.98. The van der Waals surface area contributed by atoms with Crippen molar-refractivity contribution in [1.82, 2.24) is 4.98 Å². The van der Waals surface area contributed by atoms with E-state index in [2.05, 4.69) is 32.9 Å². The average Bonchev–Trinajstić information content (AvgIpc) is 2.32. The third-order valence-corrected chi connectivity index (χ3v) is 3.50. The number of rotatable bonds is 3. The number of anilines is 2. The number of pyridine rings is 1. The Morgan fingerprint density at radius 2 is 2.00 bits per heavy atom. The Bertz CT molecular complexity index is 652. The van der Waals surface area contributed by atoms with Gasteiger partial charge in [-0.25, -0.2) is 4.98 Å². The second kappa shape index (κ2) is 5.89. The maximum absolute atomic E-state index is 10.7. The van der Waals surface area contributed by atoms with Crippen molar-refractivity contribution in [2.45, 2.75) is 0 Å². The fourth-order valence-electron chi connectivity index (χ4n) is 1.38. The second-order valence-electron chi connectivity index (χ2n) is 3.54. The average molecular weight is 410 g/mol. The zero-order valence-corrected chi connectivity index (χ0v) is 12.9. The molecule has 0 spiro atoms. The summed E-state index contributed by atoms with van der Waals surface area (Å²) in [6.45, 7) is 0. The van der Waals surface area contributed by atoms with Gasteiger partial charge < -0.3 is 5.32 Å². The van der Waals surface area contributed by atoms with Crippen LogP contribution in [0.25, 0.3) is 0 Å². The first kappa shape index (κ1) is 14.3. The number of nitrogens with zero attached hydrogens (tertiary/aromatic N) is 2. The predicted octanol–water partition coefficient (Wildman–Crippen LogP) is 4.64. The van der Waals surface area contributed by atoms with Gasteiger partial charge in [0.25, 0.3) is 5.69 Å². The third kappa shape index (κ3) is 3.68. The lowest BCUT2D eigenvalue weighted by Gasteiger charge is -2.08. The lowest BCUT2D eigenvalue weighted by atomic mass is 10.3. The smallest absolute Gasteiger partial charge is 0.276 e. The van der Waals surface area contributed by atoms with Crippen LogP contribution in [0.4, 0.5) is 17.2 Å². The SMILES string of the molecule is O=[N+]([O-])c1cc(Cl)nc(Nc2ccc(Cl)cc2I)c1. The quantitative estimate of drug-likeness (QED) is 0.347. The molecule has 1 aromatic carbocycles. The van der Waals surface area contributed by atoms with Crippen molar-refractivity contribution in [3.8, 4) is 0 Å². The molecule has 0 atom stereocenters. The molecule has 2 rings (SSSR count). The van der Waals surface area contributed by atoms with Crippen molar-refractivity contribution >= 4 is 63.0 Å². The van der Waals surface area contributed by atoms with Gasteiger partial charge in [0.2, 0.25) is 0 Å². The van der Waals surface area contributed by atoms with Crippen molar-refractivity contribution in [1.29, 1.82) is 0 Å². The first-order valence-electron chi connectivity index (χ1n) is 5.00. The Labute approximate surface area is 132 Å². The summed E-state index contributed by atoms with van der Waals surface area (Å²) >= 11 is 13.7. The summed E-state index contributed by atoms with van der Waals surface area (Å²) in [6.07, 6.45) is 0. The molecule has 0 saturated heterocycles. The van der Waals surface area contributed by atoms with Crippen molar-refractivity contribution in [3.63, 3.8) is 0 Å². The standard InChI is InChI=1S/C11H6Cl2IN3O2/c12-6-1-2-9(8(14)3-6)15-11-5-7(17(18)19)4-10(13)16-11/h1-5H,(H,15,16). The molecule has 0 aliphatic heterocycles. The largest absolute Gasteiger partial charge is 0.339 e. The second-order valence-corrected chi connectivity index (χ2v) is 5.53. The number of aromatic nitrogens is 1. The number of halogens is 3. The number of nitro groups is 1. The Morgan fingerprint density at radius 1 is 1.26 bits per heavy atom. The fourth-order valence-corrected chi connectivity index (χ4v) is 2.59. The van der Waals surface area contributed by atoms with E-state index in [0.29, 0.717) is 10.8 Å². The normalized spacial score (nSPS) is 10.3. The van der Waals surface area contributed by atoms with Gasteiger partial charge >= 0.3 is 0 Å². The van der Waals surface area contributed by atoms with E-state index >= 15 is 0 Å². The van der Waals surface area contributed by atoms with E-state index in [4.69, 9.17) is 23.2 Å². The van der Waals surface area contributed by atoms with Gasteiger partial charge in [0.05, 0.1) is 22.7 Å². The summed E-state index contributed by atoms with van der Waals surface area (Å²) in [6, 6.07) is 7.75. The van der Waals surface area contributed by atoms with Crippen LogP contribution in [-0.4, -0.2) is 9.91 Å². The summed E-state index contributed by atoms with van der Waals surface area (Å²) in [7, 11) is 0. The van der Waals surface area contributed by atoms with Crippen LogP contribution in [0, 0.1) is 13.7 Å². The minimum Gasteiger partial charge on any atom is -0.339 e. The van der Waals surface area contributed by atoms with Crippen LogP contribution in [0.2, 0.25) is 10.2 Å². The first-order valence-corrected chi connectivity index (χ1v) is 6.83. The summed E-state index contributed by atoms with van der Waals surface area (Å²) in [5.74, 6) is 0.305. The van der Waals surface area contributed by atoms with Gasteiger partial charge in [-0.15, -0.1) is 0 Å². The van der Waals surface area contributed by atoms with Crippen molar-refractivity contribution < 1.29 is 4.92 Å². The Hall–Kier alpha value is -1.12. The molecule has 0 radical (unpaired) electrons. The highest BCUT2D eigenvalue weighted by atomic mass is 127. The number of nitrogens with one attached hydrogen (secondary N) is 1. The van der Waals surface area contributed by atoms with E-state index in [0.717, 1.165) is 9.26 Å². The summed E-state index contributed by atoms with van der Waals surface area (Å²) in [4.78, 5) is 14.2. The van der Waals surface area contributed by atoms with E-state index < -0.39 is 4.92 Å². The molecule has 1 N–H and O–H groups in total. The molecular weight excluding hydrogens is 404 g/mol. The van der Waals surface area contributed by atoms with Gasteiger partial charge in [0, 0.05) is 8.59 Å². The van der Waals surface area contributed by atoms with Crippen LogP contribution in [0.1, 0.15) is 0 Å². The van der Waals surface area contributed by atoms with Crippen LogP contribution in [-0.2, 0) is 0 Å². The third-order valence-electron chi connectivity index (χ3n) is 2.18. The van der Waals surface area contributed by atoms with Gasteiger partial charge in [0.1, 0.15) is 11.0 Å². The van der Waals surface area contributed by atoms with Crippen molar-refractivity contribution in [2.75, 3.05) is 5.32 Å². The Morgan fingerprint density at radius 3 is 2.63 bits per heavy atom. The number of hydrogen-bond acceptors (Lipinski definition) is 4. The summed E-state index contributed by atoms with van der Waals surface area (Å²) in [5.41, 5.74) is 0.625. The molecule has 0 fully saturated rings. The zero-order valence-electron chi connectivity index (χ0n) is 9.23. The topological polar surface area (TPSA) is 68.1 Å². The molecule has 0 saturated carbocycles. The monoisotopic (exact) mass is 409 g/mol. The highest BCUT2D eigenvalue weighted by Crippen LogP contribution is 2.27. The van der Waals surface area contributed by atoms with Crippen LogP contribution in [0.5, 0.6) is 0 Å². The van der Waals surface area contributed by atoms with E-state index in [-0.39, 0.29) is 10.8 Å². The van der Waals surface area contributed by atoms with Crippen molar-refractivity contribution in [3.05, 3.63) is 54.2 Å². The van der Waals surface area contributed by atoms with E-state index in [9.17, 15) is 10.1 Å². The lowest BCUT2D eigenvalue weighted by molar-refractivity contribution is -0.384. The highest BCUT2D eigenvalue weighted by molar-refractivity contribution is 14.1. The molecule has 0 aliphatic carbocycles. The minimum absolute atomic E-state index is 0.0562. The Balaban J connectivity index is 2.35. The molecule has 1 heterocycles. The molecule has 19 heavy (non-hydrogen) atoms. The molecule has 0 aliphatic rings. The minimum atomic E-state index is -0.522. The van der Waals surface area contributed by atoms with Gasteiger partial charge in [-0.2, -0.15) is 0 Å². The highest BCUT2D eigenvalue weighted by Gasteiger charge is 2.11. The van der Waals surface area contributed by atoms with Gasteiger partial charge in [-0.05, 0) is 40.8 Å². The summed E-state index contributed by atoms with van der Waals surface area (Å²) < 4.78 is 0.870. The molecule has 8 heteroatoms. The molecule has 0 bridgehead atoms. The van der Waals surface area contributed by atoms with E-state index in [1.165, 1.54) is 12.1 Å². The first-order chi connectivity index (χ1) is 8.95. The van der Waals surface area contributed by atoms with E-state index in [1.807, 2.05) is 0 Å². The van der Waals surface area contributed by atoms with Crippen LogP contribution < -0.4 is 5.32 Å².